The van der Waals surface area contributed by atoms with Gasteiger partial charge in [-0.15, -0.1) is 0 Å². The van der Waals surface area contributed by atoms with Gasteiger partial charge < -0.3 is 69.4 Å². The summed E-state index contributed by atoms with van der Waals surface area (Å²) >= 11 is 0. The van der Waals surface area contributed by atoms with E-state index >= 15 is 0 Å². The van der Waals surface area contributed by atoms with Crippen molar-refractivity contribution >= 4 is 76.1 Å². The van der Waals surface area contributed by atoms with Crippen LogP contribution in [-0.4, -0.2) is 128 Å². The van der Waals surface area contributed by atoms with Crippen LogP contribution in [-0.2, 0) is 65.6 Å². The number of benzene rings is 2. The molecule has 1 aromatic heterocycles. The summed E-state index contributed by atoms with van der Waals surface area (Å²) in [5.41, 5.74) is 18.1. The second-order valence-electron chi connectivity index (χ2n) is 16.4. The molecular formula is C45H60N10O14. The molecule has 24 heteroatoms. The quantitative estimate of drug-likeness (QED) is 0.0343. The largest absolute Gasteiger partial charge is 0.481 e. The zero-order chi connectivity index (χ0) is 51.2. The van der Waals surface area contributed by atoms with E-state index in [4.69, 9.17) is 22.3 Å². The van der Waals surface area contributed by atoms with Crippen LogP contribution in [0.1, 0.15) is 82.3 Å². The summed E-state index contributed by atoms with van der Waals surface area (Å²) in [6.07, 6.45) is -2.61. The molecule has 3 rings (SSSR count). The number of nitrogens with two attached hydrogens (primary N) is 3. The molecule has 0 aliphatic carbocycles. The van der Waals surface area contributed by atoms with Crippen LogP contribution in [0.15, 0.2) is 60.8 Å². The van der Waals surface area contributed by atoms with E-state index in [1.807, 2.05) is 0 Å². The van der Waals surface area contributed by atoms with Crippen molar-refractivity contribution in [3.05, 3.63) is 71.9 Å². The van der Waals surface area contributed by atoms with Gasteiger partial charge in [0.25, 0.3) is 0 Å². The third-order valence-corrected chi connectivity index (χ3v) is 10.7. The fourth-order valence-electron chi connectivity index (χ4n) is 6.97. The highest BCUT2D eigenvalue weighted by Crippen LogP contribution is 2.20. The first-order chi connectivity index (χ1) is 32.6. The van der Waals surface area contributed by atoms with Crippen LogP contribution in [0.2, 0.25) is 0 Å². The normalized spacial score (nSPS) is 14.0. The SMILES string of the molecule is C[C@H](CCC(=O)O)NC(=O)[C@H](Cc1c[nH]c2ccccc12)NC(=O)[C@H](CCC(=O)O)NC(=O)[C@H](Cc1ccccc1)NC(=O)[C@H](CCC(=O)O)NC(=O)[C@H](CCC(N)=O)NC(=O)[C@@H](N)CCC(N)=O. The Bertz CT molecular complexity index is 2320. The van der Waals surface area contributed by atoms with Crippen LogP contribution in [0.5, 0.6) is 0 Å². The van der Waals surface area contributed by atoms with E-state index < -0.39 is 146 Å². The number of carboxylic acid groups (broad SMARTS) is 3. The average Bonchev–Trinajstić information content (AvgIpc) is 3.70. The van der Waals surface area contributed by atoms with Crippen LogP contribution in [0.3, 0.4) is 0 Å². The first-order valence-electron chi connectivity index (χ1n) is 22.0. The number of aromatic amines is 1. The van der Waals surface area contributed by atoms with E-state index in [2.05, 4.69) is 36.9 Å². The van der Waals surface area contributed by atoms with Crippen molar-refractivity contribution in [1.29, 1.82) is 0 Å². The number of carboxylic acids is 3. The van der Waals surface area contributed by atoms with E-state index in [1.54, 1.807) is 67.7 Å². The van der Waals surface area contributed by atoms with Gasteiger partial charge in [-0.05, 0) is 56.2 Å². The molecule has 374 valence electrons. The molecule has 0 aliphatic heterocycles. The molecule has 16 N–H and O–H groups in total. The van der Waals surface area contributed by atoms with E-state index in [1.165, 1.54) is 0 Å². The monoisotopic (exact) mass is 964 g/mol. The van der Waals surface area contributed by atoms with Gasteiger partial charge in [0.2, 0.25) is 47.3 Å². The lowest BCUT2D eigenvalue weighted by molar-refractivity contribution is -0.139. The van der Waals surface area contributed by atoms with Gasteiger partial charge in [-0.3, -0.25) is 52.7 Å². The van der Waals surface area contributed by atoms with Crippen LogP contribution >= 0.6 is 0 Å². The molecule has 2 aromatic carbocycles. The van der Waals surface area contributed by atoms with Gasteiger partial charge >= 0.3 is 17.9 Å². The number of fused-ring (bicyclic) bond motifs is 1. The van der Waals surface area contributed by atoms with E-state index in [0.29, 0.717) is 11.1 Å². The van der Waals surface area contributed by atoms with Crippen molar-refractivity contribution in [3.8, 4) is 0 Å². The summed E-state index contributed by atoms with van der Waals surface area (Å²) in [7, 11) is 0. The highest BCUT2D eigenvalue weighted by atomic mass is 16.4. The number of carbonyl (C=O) groups is 11. The Kier molecular flexibility index (Phi) is 22.2. The zero-order valence-electron chi connectivity index (χ0n) is 37.9. The Morgan fingerprint density at radius 2 is 0.899 bits per heavy atom. The van der Waals surface area contributed by atoms with Crippen LogP contribution in [0, 0.1) is 0 Å². The Labute approximate surface area is 395 Å². The molecule has 7 atom stereocenters. The highest BCUT2D eigenvalue weighted by Gasteiger charge is 2.34. The lowest BCUT2D eigenvalue weighted by Crippen LogP contribution is -2.60. The van der Waals surface area contributed by atoms with Crippen LogP contribution < -0.4 is 49.1 Å². The average molecular weight is 965 g/mol. The molecule has 8 amide bonds. The molecule has 1 heterocycles. The van der Waals surface area contributed by atoms with Crippen molar-refractivity contribution in [2.24, 2.45) is 17.2 Å². The van der Waals surface area contributed by atoms with Gasteiger partial charge in [0.15, 0.2) is 0 Å². The fraction of sp³-hybridized carbons (Fsp3) is 0.444. The number of nitrogens with one attached hydrogen (secondary N) is 7. The van der Waals surface area contributed by atoms with E-state index in [9.17, 15) is 63.0 Å². The number of para-hydroxylation sites is 1. The second kappa shape index (κ2) is 27.7. The van der Waals surface area contributed by atoms with E-state index in [-0.39, 0.29) is 38.5 Å². The summed E-state index contributed by atoms with van der Waals surface area (Å²) < 4.78 is 0. The van der Waals surface area contributed by atoms with Crippen molar-refractivity contribution in [2.45, 2.75) is 126 Å². The maximum Gasteiger partial charge on any atom is 0.303 e. The first kappa shape index (κ1) is 55.4. The van der Waals surface area contributed by atoms with Crippen molar-refractivity contribution in [2.75, 3.05) is 0 Å². The predicted molar refractivity (Wildman–Crippen MR) is 245 cm³/mol. The number of H-pyrrole nitrogens is 1. The molecular weight excluding hydrogens is 905 g/mol. The summed E-state index contributed by atoms with van der Waals surface area (Å²) in [6.45, 7) is 1.58. The van der Waals surface area contributed by atoms with Gasteiger partial charge in [0.1, 0.15) is 30.2 Å². The van der Waals surface area contributed by atoms with Gasteiger partial charge in [0, 0.05) is 68.1 Å². The smallest absolute Gasteiger partial charge is 0.303 e. The van der Waals surface area contributed by atoms with Crippen molar-refractivity contribution in [3.63, 3.8) is 0 Å². The van der Waals surface area contributed by atoms with Crippen LogP contribution in [0.25, 0.3) is 10.9 Å². The minimum absolute atomic E-state index is 0.0579. The molecule has 0 saturated carbocycles. The maximum absolute atomic E-state index is 14.3. The fourth-order valence-corrected chi connectivity index (χ4v) is 6.97. The Hall–Kier alpha value is -7.89. The number of aliphatic carboxylic acids is 3. The first-order valence-corrected chi connectivity index (χ1v) is 22.0. The van der Waals surface area contributed by atoms with Crippen LogP contribution in [0.4, 0.5) is 0 Å². The molecule has 0 bridgehead atoms. The molecule has 0 fully saturated rings. The Morgan fingerprint density at radius 1 is 0.493 bits per heavy atom. The minimum Gasteiger partial charge on any atom is -0.481 e. The lowest BCUT2D eigenvalue weighted by atomic mass is 10.0. The van der Waals surface area contributed by atoms with Gasteiger partial charge in [-0.2, -0.15) is 0 Å². The second-order valence-corrected chi connectivity index (χ2v) is 16.4. The molecule has 0 unspecified atom stereocenters. The summed E-state index contributed by atoms with van der Waals surface area (Å²) in [5.74, 6) is -11.2. The van der Waals surface area contributed by atoms with Gasteiger partial charge in [0.05, 0.1) is 6.04 Å². The lowest BCUT2D eigenvalue weighted by Gasteiger charge is -2.27. The molecule has 3 aromatic rings. The number of rotatable bonds is 31. The molecule has 24 nitrogen and oxygen atoms in total. The number of primary amides is 2. The highest BCUT2D eigenvalue weighted by molar-refractivity contribution is 5.97. The standard InChI is InChI=1S/C45H60N10O14/c1-24(11-18-37(58)59)50-44(68)34(22-26-23-49-29-10-6-5-9-27(26)29)55-43(67)32(15-20-39(62)63)53-45(69)33(21-25-7-3-2-4-8-25)54-42(66)31(14-19-38(60)61)52-41(65)30(13-17-36(48)57)51-40(64)28(46)12-16-35(47)56/h2-10,23-24,28,30-34,49H,11-22,46H2,1H3,(H2,47,56)(H2,48,57)(H,50,68)(H,51,64)(H,52,65)(H,53,69)(H,54,66)(H,55,67)(H,58,59)(H,60,61)(H,62,63)/t24-,28+,30+,31+,32+,33+,34+/m1/s1. The molecule has 69 heavy (non-hydrogen) atoms. The zero-order valence-corrected chi connectivity index (χ0v) is 37.9. The Balaban J connectivity index is 1.95. The molecule has 0 aliphatic rings. The third kappa shape index (κ3) is 19.9. The number of aromatic nitrogens is 1. The topological polar surface area (TPSA) is 414 Å². The molecule has 0 saturated heterocycles. The number of amides is 8. The predicted octanol–water partition coefficient (Wildman–Crippen LogP) is -1.67. The molecule has 0 spiro atoms. The number of hydrogen-bond donors (Lipinski definition) is 13. The van der Waals surface area contributed by atoms with Crippen molar-refractivity contribution < 1.29 is 68.1 Å². The summed E-state index contributed by atoms with van der Waals surface area (Å²) in [4.78, 5) is 144. The Morgan fingerprint density at radius 3 is 1.42 bits per heavy atom. The van der Waals surface area contributed by atoms with Gasteiger partial charge in [-0.25, -0.2) is 0 Å². The molecule has 0 radical (unpaired) electrons. The van der Waals surface area contributed by atoms with E-state index in [0.717, 1.165) is 10.9 Å². The number of carbonyl (C=O) groups excluding carboxylic acids is 8. The third-order valence-electron chi connectivity index (χ3n) is 10.7. The van der Waals surface area contributed by atoms with Gasteiger partial charge in [-0.1, -0.05) is 48.5 Å². The minimum atomic E-state index is -1.70. The summed E-state index contributed by atoms with van der Waals surface area (Å²) in [6, 6.07) is 5.49. The summed E-state index contributed by atoms with van der Waals surface area (Å²) in [5, 5.41) is 44.0. The van der Waals surface area contributed by atoms with Crippen molar-refractivity contribution in [1.82, 2.24) is 36.9 Å². The number of hydrogen-bond acceptors (Lipinski definition) is 12. The maximum atomic E-state index is 14.3.